The number of carboxylic acid groups (broad SMARTS) is 1. The summed E-state index contributed by atoms with van der Waals surface area (Å²) in [4.78, 5) is 39.3. The normalized spacial score (nSPS) is 20.0. The van der Waals surface area contributed by atoms with Gasteiger partial charge < -0.3 is 20.1 Å². The monoisotopic (exact) mass is 476 g/mol. The van der Waals surface area contributed by atoms with Gasteiger partial charge in [-0.05, 0) is 53.9 Å². The van der Waals surface area contributed by atoms with E-state index in [0.29, 0.717) is 25.3 Å². The molecule has 1 aliphatic heterocycles. The molecule has 2 amide bonds. The zero-order chi connectivity index (χ0) is 24.4. The van der Waals surface area contributed by atoms with Crippen LogP contribution < -0.4 is 5.32 Å². The highest BCUT2D eigenvalue weighted by Gasteiger charge is 2.37. The van der Waals surface area contributed by atoms with Crippen molar-refractivity contribution in [3.8, 4) is 11.1 Å². The quantitative estimate of drug-likeness (QED) is 0.583. The molecule has 2 N–H and O–H groups in total. The van der Waals surface area contributed by atoms with Crippen LogP contribution in [0.25, 0.3) is 11.1 Å². The first-order valence-electron chi connectivity index (χ1n) is 12.6. The van der Waals surface area contributed by atoms with Gasteiger partial charge in [0.25, 0.3) is 0 Å². The Morgan fingerprint density at radius 1 is 0.971 bits per heavy atom. The first-order chi connectivity index (χ1) is 17.0. The molecule has 0 bridgehead atoms. The summed E-state index contributed by atoms with van der Waals surface area (Å²) in [6.07, 6.45) is 4.45. The molecule has 35 heavy (non-hydrogen) atoms. The van der Waals surface area contributed by atoms with Crippen LogP contribution in [0.2, 0.25) is 0 Å². The number of alkyl carbamates (subject to hydrolysis) is 1. The van der Waals surface area contributed by atoms with Crippen LogP contribution in [-0.4, -0.2) is 53.2 Å². The molecular formula is C28H32N2O5. The van der Waals surface area contributed by atoms with Gasteiger partial charge in [0.15, 0.2) is 0 Å². The minimum atomic E-state index is -0.905. The van der Waals surface area contributed by atoms with Gasteiger partial charge in [0.05, 0.1) is 6.42 Å². The highest BCUT2D eigenvalue weighted by molar-refractivity contribution is 5.86. The van der Waals surface area contributed by atoms with Gasteiger partial charge in [0.2, 0.25) is 5.91 Å². The number of hydrogen-bond donors (Lipinski definition) is 2. The van der Waals surface area contributed by atoms with Crippen LogP contribution >= 0.6 is 0 Å². The minimum Gasteiger partial charge on any atom is -0.481 e. The number of amides is 2. The van der Waals surface area contributed by atoms with Crippen LogP contribution in [0.4, 0.5) is 4.79 Å². The molecule has 7 nitrogen and oxygen atoms in total. The molecule has 2 aromatic carbocycles. The second-order valence-corrected chi connectivity index (χ2v) is 9.98. The van der Waals surface area contributed by atoms with E-state index in [1.165, 1.54) is 0 Å². The Labute approximate surface area is 205 Å². The number of fused-ring (bicyclic) bond motifs is 3. The van der Waals surface area contributed by atoms with Gasteiger partial charge in [-0.2, -0.15) is 0 Å². The predicted octanol–water partition coefficient (Wildman–Crippen LogP) is 4.55. The number of carboxylic acids is 1. The largest absolute Gasteiger partial charge is 0.481 e. The highest BCUT2D eigenvalue weighted by atomic mass is 16.5. The van der Waals surface area contributed by atoms with E-state index >= 15 is 0 Å². The average molecular weight is 477 g/mol. The molecule has 1 saturated carbocycles. The number of likely N-dealkylation sites (tertiary alicyclic amines) is 1. The Kier molecular flexibility index (Phi) is 6.75. The summed E-state index contributed by atoms with van der Waals surface area (Å²) in [5.41, 5.74) is 4.59. The van der Waals surface area contributed by atoms with Crippen LogP contribution in [0.1, 0.15) is 62.0 Å². The van der Waals surface area contributed by atoms with Gasteiger partial charge in [-0.25, -0.2) is 4.79 Å². The Balaban J connectivity index is 1.26. The van der Waals surface area contributed by atoms with E-state index in [-0.39, 0.29) is 30.9 Å². The van der Waals surface area contributed by atoms with E-state index in [9.17, 15) is 19.5 Å². The first kappa shape index (κ1) is 23.4. The molecule has 3 aliphatic rings. The second-order valence-electron chi connectivity index (χ2n) is 9.98. The molecule has 0 aromatic heterocycles. The molecule has 184 valence electrons. The summed E-state index contributed by atoms with van der Waals surface area (Å²) in [6, 6.07) is 15.3. The molecule has 7 heteroatoms. The molecule has 1 unspecified atom stereocenters. The van der Waals surface area contributed by atoms with Crippen LogP contribution in [0, 0.1) is 5.92 Å². The Bertz CT molecular complexity index is 1070. The van der Waals surface area contributed by atoms with Crippen molar-refractivity contribution in [3.05, 3.63) is 59.7 Å². The summed E-state index contributed by atoms with van der Waals surface area (Å²) in [5, 5.41) is 12.1. The molecule has 2 atom stereocenters. The van der Waals surface area contributed by atoms with Gasteiger partial charge in [0.1, 0.15) is 12.6 Å². The number of nitrogens with one attached hydrogen (secondary N) is 1. The van der Waals surface area contributed by atoms with Crippen molar-refractivity contribution in [3.63, 3.8) is 0 Å². The second kappa shape index (κ2) is 10.1. The molecule has 1 saturated heterocycles. The number of ether oxygens (including phenoxy) is 1. The fourth-order valence-corrected chi connectivity index (χ4v) is 5.60. The lowest BCUT2D eigenvalue weighted by atomic mass is 9.97. The third-order valence-corrected chi connectivity index (χ3v) is 7.52. The number of hydrogen-bond acceptors (Lipinski definition) is 4. The third kappa shape index (κ3) is 5.19. The summed E-state index contributed by atoms with van der Waals surface area (Å²) in [5.74, 6) is -0.720. The zero-order valence-corrected chi connectivity index (χ0v) is 19.8. The molecule has 1 heterocycles. The zero-order valence-electron chi connectivity index (χ0n) is 19.8. The number of piperidine rings is 1. The SMILES string of the molecule is O=C(O)C[C@H]1CCCCN1C(=O)C(CC1CC1)NC(=O)OCC1c2ccccc2-c2ccccc21. The number of rotatable bonds is 8. The fraction of sp³-hybridized carbons (Fsp3) is 0.464. The van der Waals surface area contributed by atoms with E-state index in [4.69, 9.17) is 4.74 Å². The maximum Gasteiger partial charge on any atom is 0.407 e. The van der Waals surface area contributed by atoms with Crippen LogP contribution in [-0.2, 0) is 14.3 Å². The van der Waals surface area contributed by atoms with E-state index < -0.39 is 18.1 Å². The van der Waals surface area contributed by atoms with Gasteiger partial charge in [-0.1, -0.05) is 61.4 Å². The molecule has 0 spiro atoms. The smallest absolute Gasteiger partial charge is 0.407 e. The lowest BCUT2D eigenvalue weighted by molar-refractivity contribution is -0.143. The van der Waals surface area contributed by atoms with Crippen LogP contribution in [0.3, 0.4) is 0 Å². The predicted molar refractivity (Wildman–Crippen MR) is 131 cm³/mol. The standard InChI is InChI=1S/C28H32N2O5/c31-26(32)16-19-7-5-6-14-30(19)27(33)25(15-18-12-13-18)29-28(34)35-17-24-22-10-3-1-8-20(22)21-9-2-4-11-23(21)24/h1-4,8-11,18-19,24-25H,5-7,12-17H2,(H,29,34)(H,31,32)/t19-,25?/m1/s1. The maximum absolute atomic E-state index is 13.4. The molecule has 2 aromatic rings. The lowest BCUT2D eigenvalue weighted by Crippen LogP contribution is -2.54. The van der Waals surface area contributed by atoms with Crippen LogP contribution in [0.15, 0.2) is 48.5 Å². The molecular weight excluding hydrogens is 444 g/mol. The average Bonchev–Trinajstić information content (AvgIpc) is 3.62. The van der Waals surface area contributed by atoms with Crippen LogP contribution in [0.5, 0.6) is 0 Å². The maximum atomic E-state index is 13.4. The van der Waals surface area contributed by atoms with Crippen molar-refractivity contribution in [2.75, 3.05) is 13.2 Å². The number of benzene rings is 2. The van der Waals surface area contributed by atoms with E-state index in [0.717, 1.165) is 47.9 Å². The van der Waals surface area contributed by atoms with Gasteiger partial charge in [0, 0.05) is 18.5 Å². The lowest BCUT2D eigenvalue weighted by Gasteiger charge is -2.37. The van der Waals surface area contributed by atoms with E-state index in [1.807, 2.05) is 24.3 Å². The number of carbonyl (C=O) groups excluding carboxylic acids is 2. The van der Waals surface area contributed by atoms with Crippen molar-refractivity contribution in [2.45, 2.75) is 62.9 Å². The number of aliphatic carboxylic acids is 1. The van der Waals surface area contributed by atoms with Crippen molar-refractivity contribution < 1.29 is 24.2 Å². The van der Waals surface area contributed by atoms with Gasteiger partial charge in [-0.15, -0.1) is 0 Å². The van der Waals surface area contributed by atoms with E-state index in [1.54, 1.807) is 4.90 Å². The Morgan fingerprint density at radius 3 is 2.26 bits per heavy atom. The molecule has 5 rings (SSSR count). The van der Waals surface area contributed by atoms with E-state index in [2.05, 4.69) is 29.6 Å². The van der Waals surface area contributed by atoms with Crippen molar-refractivity contribution >= 4 is 18.0 Å². The van der Waals surface area contributed by atoms with Crippen molar-refractivity contribution in [2.24, 2.45) is 5.92 Å². The third-order valence-electron chi connectivity index (χ3n) is 7.52. The molecule has 2 fully saturated rings. The number of carbonyl (C=O) groups is 3. The summed E-state index contributed by atoms with van der Waals surface area (Å²) in [7, 11) is 0. The topological polar surface area (TPSA) is 95.9 Å². The molecule has 2 aliphatic carbocycles. The minimum absolute atomic E-state index is 0.0484. The summed E-state index contributed by atoms with van der Waals surface area (Å²) < 4.78 is 5.69. The first-order valence-corrected chi connectivity index (χ1v) is 12.6. The van der Waals surface area contributed by atoms with Gasteiger partial charge in [-0.3, -0.25) is 9.59 Å². The Hall–Kier alpha value is -3.35. The Morgan fingerprint density at radius 2 is 1.63 bits per heavy atom. The summed E-state index contributed by atoms with van der Waals surface area (Å²) >= 11 is 0. The fourth-order valence-electron chi connectivity index (χ4n) is 5.60. The van der Waals surface area contributed by atoms with Gasteiger partial charge >= 0.3 is 12.1 Å². The van der Waals surface area contributed by atoms with Crippen molar-refractivity contribution in [1.29, 1.82) is 0 Å². The number of nitrogens with zero attached hydrogens (tertiary/aromatic N) is 1. The molecule has 0 radical (unpaired) electrons. The summed E-state index contributed by atoms with van der Waals surface area (Å²) in [6.45, 7) is 0.722. The van der Waals surface area contributed by atoms with Crippen molar-refractivity contribution in [1.82, 2.24) is 10.2 Å². The highest BCUT2D eigenvalue weighted by Crippen LogP contribution is 2.44.